The maximum Gasteiger partial charge on any atom is 0.279 e. The molecule has 0 saturated carbocycles. The summed E-state index contributed by atoms with van der Waals surface area (Å²) in [6, 6.07) is 7.44. The van der Waals surface area contributed by atoms with Gasteiger partial charge in [-0.05, 0) is 6.07 Å². The monoisotopic (exact) mass is 383 g/mol. The maximum atomic E-state index is 12.8. The van der Waals surface area contributed by atoms with Gasteiger partial charge in [-0.3, -0.25) is 9.59 Å². The molecule has 0 saturated heterocycles. The van der Waals surface area contributed by atoms with E-state index in [1.807, 2.05) is 24.3 Å². The molecule has 1 amide bonds. The van der Waals surface area contributed by atoms with Crippen molar-refractivity contribution >= 4 is 23.5 Å². The molecule has 1 aromatic carbocycles. The van der Waals surface area contributed by atoms with Crippen molar-refractivity contribution in [1.82, 2.24) is 9.55 Å². The molecule has 0 unspecified atom stereocenters. The molecule has 7 heteroatoms. The predicted octanol–water partition coefficient (Wildman–Crippen LogP) is 3.10. The number of hydrogen-bond donors (Lipinski definition) is 1. The normalized spacial score (nSPS) is 15.6. The minimum absolute atomic E-state index is 0.146. The lowest BCUT2D eigenvalue weighted by molar-refractivity contribution is -0.116. The number of carbonyl (C=O) groups excluding carboxylic acids is 1. The Labute approximate surface area is 162 Å². The summed E-state index contributed by atoms with van der Waals surface area (Å²) >= 11 is 1.39. The van der Waals surface area contributed by atoms with Gasteiger partial charge in [-0.15, -0.1) is 6.58 Å². The summed E-state index contributed by atoms with van der Waals surface area (Å²) in [6.07, 6.45) is 3.56. The Hall–Kier alpha value is -2.80. The Balaban J connectivity index is 2.13. The van der Waals surface area contributed by atoms with Gasteiger partial charge in [0.15, 0.2) is 5.16 Å². The highest BCUT2D eigenvalue weighted by atomic mass is 32.2. The highest BCUT2D eigenvalue weighted by Gasteiger charge is 2.33. The van der Waals surface area contributed by atoms with Gasteiger partial charge < -0.3 is 14.6 Å². The van der Waals surface area contributed by atoms with Crippen LogP contribution in [0, 0.1) is 0 Å². The molecule has 0 spiro atoms. The fourth-order valence-corrected chi connectivity index (χ4v) is 3.81. The lowest BCUT2D eigenvalue weighted by Gasteiger charge is -2.28. The van der Waals surface area contributed by atoms with Crippen molar-refractivity contribution in [2.75, 3.05) is 17.7 Å². The first kappa shape index (κ1) is 19.0. The predicted molar refractivity (Wildman–Crippen MR) is 108 cm³/mol. The van der Waals surface area contributed by atoms with E-state index in [0.717, 1.165) is 5.56 Å². The Morgan fingerprint density at radius 2 is 2.11 bits per heavy atom. The molecule has 0 bridgehead atoms. The summed E-state index contributed by atoms with van der Waals surface area (Å²) in [5.41, 5.74) is 0.939. The summed E-state index contributed by atoms with van der Waals surface area (Å²) < 4.78 is 7.49. The van der Waals surface area contributed by atoms with E-state index in [9.17, 15) is 9.59 Å². The van der Waals surface area contributed by atoms with Crippen molar-refractivity contribution in [3.8, 4) is 5.75 Å². The summed E-state index contributed by atoms with van der Waals surface area (Å²) in [4.78, 5) is 29.5. The molecule has 1 aromatic heterocycles. The van der Waals surface area contributed by atoms with Gasteiger partial charge in [0.1, 0.15) is 18.2 Å². The third-order valence-corrected chi connectivity index (χ3v) is 5.31. The largest absolute Gasteiger partial charge is 0.489 e. The third kappa shape index (κ3) is 3.83. The first-order valence-electron chi connectivity index (χ1n) is 8.53. The molecule has 0 aliphatic carbocycles. The van der Waals surface area contributed by atoms with Gasteiger partial charge in [-0.25, -0.2) is 0 Å². The van der Waals surface area contributed by atoms with Gasteiger partial charge in [-0.1, -0.05) is 48.7 Å². The van der Waals surface area contributed by atoms with Gasteiger partial charge in [0.05, 0.1) is 5.56 Å². The van der Waals surface area contributed by atoms with Crippen molar-refractivity contribution in [2.24, 2.45) is 7.05 Å². The van der Waals surface area contributed by atoms with Crippen LogP contribution in [-0.4, -0.2) is 27.8 Å². The second-order valence-electron chi connectivity index (χ2n) is 6.06. The molecular weight excluding hydrogens is 362 g/mol. The first-order chi connectivity index (χ1) is 13.1. The minimum atomic E-state index is -0.417. The molecule has 2 aromatic rings. The smallest absolute Gasteiger partial charge is 0.279 e. The van der Waals surface area contributed by atoms with Crippen molar-refractivity contribution in [3.05, 3.63) is 71.1 Å². The quantitative estimate of drug-likeness (QED) is 0.452. The van der Waals surface area contributed by atoms with Crippen molar-refractivity contribution < 1.29 is 9.53 Å². The van der Waals surface area contributed by atoms with Crippen LogP contribution in [-0.2, 0) is 11.8 Å². The van der Waals surface area contributed by atoms with Gasteiger partial charge in [0.2, 0.25) is 5.91 Å². The number of fused-ring (bicyclic) bond motifs is 1. The molecule has 6 nitrogen and oxygen atoms in total. The average Bonchev–Trinajstić information content (AvgIpc) is 2.67. The zero-order valence-corrected chi connectivity index (χ0v) is 15.9. The Morgan fingerprint density at radius 3 is 2.85 bits per heavy atom. The highest BCUT2D eigenvalue weighted by molar-refractivity contribution is 7.99. The van der Waals surface area contributed by atoms with E-state index in [0.29, 0.717) is 34.6 Å². The second kappa shape index (κ2) is 8.26. The van der Waals surface area contributed by atoms with E-state index < -0.39 is 5.92 Å². The average molecular weight is 383 g/mol. The maximum absolute atomic E-state index is 12.8. The second-order valence-corrected chi connectivity index (χ2v) is 7.05. The third-order valence-electron chi connectivity index (χ3n) is 4.28. The molecule has 1 aliphatic heterocycles. The molecular formula is C20H21N3O3S. The Bertz CT molecular complexity index is 952. The molecule has 3 rings (SSSR count). The molecule has 0 fully saturated rings. The fraction of sp³-hybridized carbons (Fsp3) is 0.250. The number of amides is 1. The minimum Gasteiger partial charge on any atom is -0.489 e. The number of rotatable bonds is 7. The van der Waals surface area contributed by atoms with E-state index in [1.54, 1.807) is 23.8 Å². The summed E-state index contributed by atoms with van der Waals surface area (Å²) in [6.45, 7) is 7.69. The van der Waals surface area contributed by atoms with E-state index in [-0.39, 0.29) is 17.9 Å². The van der Waals surface area contributed by atoms with Gasteiger partial charge in [0.25, 0.3) is 5.56 Å². The zero-order valence-electron chi connectivity index (χ0n) is 15.1. The van der Waals surface area contributed by atoms with Crippen LogP contribution in [0.25, 0.3) is 0 Å². The van der Waals surface area contributed by atoms with Crippen LogP contribution in [0.1, 0.15) is 23.5 Å². The van der Waals surface area contributed by atoms with Crippen molar-refractivity contribution in [2.45, 2.75) is 17.5 Å². The van der Waals surface area contributed by atoms with Crippen LogP contribution in [0.3, 0.4) is 0 Å². The van der Waals surface area contributed by atoms with E-state index in [2.05, 4.69) is 23.5 Å². The van der Waals surface area contributed by atoms with Crippen LogP contribution in [0.15, 0.2) is 59.5 Å². The highest BCUT2D eigenvalue weighted by Crippen LogP contribution is 2.39. The van der Waals surface area contributed by atoms with Crippen LogP contribution in [0.5, 0.6) is 5.75 Å². The summed E-state index contributed by atoms with van der Waals surface area (Å²) in [5.74, 6) is 1.18. The molecule has 1 aliphatic rings. The SMILES string of the molecule is C=CCOc1ccccc1[C@@H]1CC(=O)Nc2c1c(=O)nc(SCC=C)n2C. The Kier molecular flexibility index (Phi) is 5.81. The number of nitrogens with one attached hydrogen (secondary N) is 1. The molecule has 1 atom stereocenters. The number of ether oxygens (including phenoxy) is 1. The number of thioether (sulfide) groups is 1. The van der Waals surface area contributed by atoms with Crippen LogP contribution in [0.4, 0.5) is 5.82 Å². The van der Waals surface area contributed by atoms with Crippen LogP contribution in [0.2, 0.25) is 0 Å². The first-order valence-corrected chi connectivity index (χ1v) is 9.52. The number of anilines is 1. The number of aromatic nitrogens is 2. The molecule has 0 radical (unpaired) electrons. The number of benzene rings is 1. The summed E-state index contributed by atoms with van der Waals surface area (Å²) in [7, 11) is 1.79. The standard InChI is InChI=1S/C20H21N3O3S/c1-4-10-26-15-9-7-6-8-13(15)14-12-16(24)21-18-17(14)19(25)22-20(23(18)3)27-11-5-2/h4-9,14H,1-2,10-12H2,3H3,(H,21,24)/t14-/m0/s1. The molecule has 27 heavy (non-hydrogen) atoms. The number of nitrogens with zero attached hydrogens (tertiary/aromatic N) is 2. The summed E-state index contributed by atoms with van der Waals surface area (Å²) in [5, 5.41) is 3.37. The van der Waals surface area contributed by atoms with Gasteiger partial charge in [-0.2, -0.15) is 4.98 Å². The number of carbonyl (C=O) groups is 1. The van der Waals surface area contributed by atoms with Crippen LogP contribution < -0.4 is 15.6 Å². The molecule has 2 heterocycles. The zero-order chi connectivity index (χ0) is 19.4. The number of para-hydroxylation sites is 1. The van der Waals surface area contributed by atoms with E-state index in [4.69, 9.17) is 4.74 Å². The molecule has 1 N–H and O–H groups in total. The lowest BCUT2D eigenvalue weighted by atomic mass is 9.86. The number of hydrogen-bond acceptors (Lipinski definition) is 5. The fourth-order valence-electron chi connectivity index (χ4n) is 3.11. The van der Waals surface area contributed by atoms with E-state index in [1.165, 1.54) is 11.8 Å². The van der Waals surface area contributed by atoms with E-state index >= 15 is 0 Å². The van der Waals surface area contributed by atoms with Crippen molar-refractivity contribution in [3.63, 3.8) is 0 Å². The topological polar surface area (TPSA) is 73.2 Å². The Morgan fingerprint density at radius 1 is 1.33 bits per heavy atom. The lowest BCUT2D eigenvalue weighted by Crippen LogP contribution is -2.33. The van der Waals surface area contributed by atoms with Crippen molar-refractivity contribution in [1.29, 1.82) is 0 Å². The van der Waals surface area contributed by atoms with Gasteiger partial charge >= 0.3 is 0 Å². The van der Waals surface area contributed by atoms with Gasteiger partial charge in [0, 0.05) is 30.7 Å². The molecule has 140 valence electrons. The van der Waals surface area contributed by atoms with Crippen LogP contribution >= 0.6 is 11.8 Å².